The summed E-state index contributed by atoms with van der Waals surface area (Å²) in [6.45, 7) is 2.31. The predicted molar refractivity (Wildman–Crippen MR) is 74.2 cm³/mol. The third-order valence-electron chi connectivity index (χ3n) is 2.92. The zero-order valence-electron chi connectivity index (χ0n) is 10.9. The van der Waals surface area contributed by atoms with Gasteiger partial charge in [-0.05, 0) is 13.0 Å². The molecule has 0 spiro atoms. The van der Waals surface area contributed by atoms with Crippen LogP contribution >= 0.6 is 0 Å². The molecule has 1 aromatic carbocycles. The van der Waals surface area contributed by atoms with Gasteiger partial charge in [-0.15, -0.1) is 0 Å². The zero-order valence-corrected chi connectivity index (χ0v) is 10.9. The van der Waals surface area contributed by atoms with E-state index in [1.165, 1.54) is 16.8 Å². The van der Waals surface area contributed by atoms with Crippen molar-refractivity contribution in [1.82, 2.24) is 9.78 Å². The highest BCUT2D eigenvalue weighted by atomic mass is 16.6. The largest absolute Gasteiger partial charge is 0.326 e. The fourth-order valence-corrected chi connectivity index (χ4v) is 1.88. The minimum atomic E-state index is -0.469. The van der Waals surface area contributed by atoms with Crippen molar-refractivity contribution in [2.24, 2.45) is 5.73 Å². The van der Waals surface area contributed by atoms with Crippen molar-refractivity contribution in [2.75, 3.05) is 0 Å². The second-order valence-corrected chi connectivity index (χ2v) is 4.19. The van der Waals surface area contributed by atoms with E-state index in [0.29, 0.717) is 23.4 Å². The first-order valence-corrected chi connectivity index (χ1v) is 6.12. The molecule has 0 aliphatic heterocycles. The lowest BCUT2D eigenvalue weighted by Gasteiger charge is -2.08. The van der Waals surface area contributed by atoms with Gasteiger partial charge in [0.15, 0.2) is 0 Å². The molecule has 7 nitrogen and oxygen atoms in total. The Morgan fingerprint density at radius 1 is 1.40 bits per heavy atom. The van der Waals surface area contributed by atoms with E-state index >= 15 is 0 Å². The summed E-state index contributed by atoms with van der Waals surface area (Å²) in [4.78, 5) is 22.2. The number of nitro benzene ring substituents is 1. The van der Waals surface area contributed by atoms with E-state index in [4.69, 9.17) is 5.73 Å². The van der Waals surface area contributed by atoms with Gasteiger partial charge in [-0.2, -0.15) is 5.10 Å². The van der Waals surface area contributed by atoms with Gasteiger partial charge < -0.3 is 5.73 Å². The van der Waals surface area contributed by atoms with Crippen molar-refractivity contribution in [2.45, 2.75) is 20.0 Å². The Bertz CT molecular complexity index is 681. The number of rotatable bonds is 4. The van der Waals surface area contributed by atoms with Gasteiger partial charge in [-0.25, -0.2) is 4.68 Å². The summed E-state index contributed by atoms with van der Waals surface area (Å²) < 4.78 is 1.30. The Hall–Kier alpha value is -2.54. The lowest BCUT2D eigenvalue weighted by Crippen LogP contribution is -2.27. The molecule has 0 saturated carbocycles. The lowest BCUT2D eigenvalue weighted by atomic mass is 10.1. The van der Waals surface area contributed by atoms with Gasteiger partial charge in [0.1, 0.15) is 0 Å². The molecule has 1 heterocycles. The fourth-order valence-electron chi connectivity index (χ4n) is 1.88. The molecule has 0 fully saturated rings. The third-order valence-corrected chi connectivity index (χ3v) is 2.92. The number of non-ortho nitro benzene ring substituents is 1. The zero-order chi connectivity index (χ0) is 14.7. The van der Waals surface area contributed by atoms with Gasteiger partial charge >= 0.3 is 0 Å². The smallest absolute Gasteiger partial charge is 0.271 e. The number of nitrogens with two attached hydrogens (primary N) is 1. The van der Waals surface area contributed by atoms with Crippen LogP contribution in [0, 0.1) is 10.1 Å². The first-order chi connectivity index (χ1) is 9.56. The van der Waals surface area contributed by atoms with Crippen LogP contribution in [0.2, 0.25) is 0 Å². The van der Waals surface area contributed by atoms with Crippen molar-refractivity contribution in [3.8, 4) is 11.3 Å². The van der Waals surface area contributed by atoms with E-state index in [1.54, 1.807) is 25.1 Å². The number of nitrogens with zero attached hydrogens (tertiary/aromatic N) is 3. The standard InChI is InChI=1S/C13H14N4O3/c1-2-16-13(18)10(8-14)7-12(15-16)9-4-3-5-11(6-9)17(19)20/h3-7H,2,8,14H2,1H3. The molecule has 1 aromatic heterocycles. The maximum Gasteiger partial charge on any atom is 0.271 e. The monoisotopic (exact) mass is 274 g/mol. The number of aromatic nitrogens is 2. The van der Waals surface area contributed by atoms with Gasteiger partial charge in [-0.3, -0.25) is 14.9 Å². The van der Waals surface area contributed by atoms with Gasteiger partial charge in [0.2, 0.25) is 0 Å². The highest BCUT2D eigenvalue weighted by Crippen LogP contribution is 2.21. The van der Waals surface area contributed by atoms with Gasteiger partial charge in [0.05, 0.1) is 10.6 Å². The Kier molecular flexibility index (Phi) is 3.90. The maximum atomic E-state index is 11.9. The Morgan fingerprint density at radius 2 is 2.15 bits per heavy atom. The van der Waals surface area contributed by atoms with Crippen LogP contribution in [-0.2, 0) is 13.1 Å². The van der Waals surface area contributed by atoms with Crippen molar-refractivity contribution in [3.05, 3.63) is 56.4 Å². The van der Waals surface area contributed by atoms with Crippen molar-refractivity contribution in [1.29, 1.82) is 0 Å². The predicted octanol–water partition coefficient (Wildman–Crippen LogP) is 1.30. The maximum absolute atomic E-state index is 11.9. The van der Waals surface area contributed by atoms with Gasteiger partial charge in [0, 0.05) is 36.3 Å². The van der Waals surface area contributed by atoms with E-state index in [-0.39, 0.29) is 17.8 Å². The first kappa shape index (κ1) is 13.9. The summed E-state index contributed by atoms with van der Waals surface area (Å²) in [7, 11) is 0. The summed E-state index contributed by atoms with van der Waals surface area (Å²) >= 11 is 0. The molecule has 0 aliphatic rings. The van der Waals surface area contributed by atoms with Crippen LogP contribution < -0.4 is 11.3 Å². The molecule has 0 unspecified atom stereocenters. The van der Waals surface area contributed by atoms with E-state index in [0.717, 1.165) is 0 Å². The summed E-state index contributed by atoms with van der Waals surface area (Å²) in [6.07, 6.45) is 0. The molecule has 0 atom stereocenters. The highest BCUT2D eigenvalue weighted by Gasteiger charge is 2.11. The average molecular weight is 274 g/mol. The van der Waals surface area contributed by atoms with Crippen LogP contribution in [0.3, 0.4) is 0 Å². The van der Waals surface area contributed by atoms with Crippen LogP contribution in [0.5, 0.6) is 0 Å². The number of hydrogen-bond acceptors (Lipinski definition) is 5. The van der Waals surface area contributed by atoms with E-state index in [9.17, 15) is 14.9 Å². The molecule has 2 aromatic rings. The van der Waals surface area contributed by atoms with Crippen molar-refractivity contribution >= 4 is 5.69 Å². The number of hydrogen-bond donors (Lipinski definition) is 1. The molecule has 20 heavy (non-hydrogen) atoms. The SMILES string of the molecule is CCn1nc(-c2cccc([N+](=O)[O-])c2)cc(CN)c1=O. The molecule has 104 valence electrons. The number of aryl methyl sites for hydroxylation is 1. The Morgan fingerprint density at radius 3 is 2.75 bits per heavy atom. The molecule has 2 N–H and O–H groups in total. The quantitative estimate of drug-likeness (QED) is 0.668. The average Bonchev–Trinajstić information content (AvgIpc) is 2.47. The van der Waals surface area contributed by atoms with Gasteiger partial charge in [0.25, 0.3) is 11.2 Å². The molecule has 0 saturated heterocycles. The molecule has 0 aliphatic carbocycles. The molecule has 2 rings (SSSR count). The highest BCUT2D eigenvalue weighted by molar-refractivity contribution is 5.62. The number of nitro groups is 1. The molecule has 7 heteroatoms. The van der Waals surface area contributed by atoms with Crippen LogP contribution in [0.4, 0.5) is 5.69 Å². The van der Waals surface area contributed by atoms with Crippen LogP contribution in [-0.4, -0.2) is 14.7 Å². The molecule has 0 amide bonds. The minimum Gasteiger partial charge on any atom is -0.326 e. The number of benzene rings is 1. The normalized spacial score (nSPS) is 10.5. The fraction of sp³-hybridized carbons (Fsp3) is 0.231. The second kappa shape index (κ2) is 5.62. The van der Waals surface area contributed by atoms with Crippen molar-refractivity contribution in [3.63, 3.8) is 0 Å². The lowest BCUT2D eigenvalue weighted by molar-refractivity contribution is -0.384. The van der Waals surface area contributed by atoms with Gasteiger partial charge in [-0.1, -0.05) is 12.1 Å². The summed E-state index contributed by atoms with van der Waals surface area (Å²) in [6, 6.07) is 7.70. The molecular formula is C13H14N4O3. The first-order valence-electron chi connectivity index (χ1n) is 6.12. The summed E-state index contributed by atoms with van der Waals surface area (Å²) in [5.41, 5.74) is 6.81. The Labute approximate surface area is 114 Å². The molecule has 0 bridgehead atoms. The summed E-state index contributed by atoms with van der Waals surface area (Å²) in [5.74, 6) is 0. The molecule has 0 radical (unpaired) electrons. The summed E-state index contributed by atoms with van der Waals surface area (Å²) in [5, 5.41) is 15.0. The topological polar surface area (TPSA) is 104 Å². The van der Waals surface area contributed by atoms with Crippen molar-refractivity contribution < 1.29 is 4.92 Å². The van der Waals surface area contributed by atoms with E-state index in [2.05, 4.69) is 5.10 Å². The second-order valence-electron chi connectivity index (χ2n) is 4.19. The van der Waals surface area contributed by atoms with Crippen LogP contribution in [0.1, 0.15) is 12.5 Å². The Balaban J connectivity index is 2.60. The van der Waals surface area contributed by atoms with Crippen LogP contribution in [0.25, 0.3) is 11.3 Å². The molecular weight excluding hydrogens is 260 g/mol. The van der Waals surface area contributed by atoms with E-state index in [1.807, 2.05) is 0 Å². The minimum absolute atomic E-state index is 0.0205. The van der Waals surface area contributed by atoms with Crippen LogP contribution in [0.15, 0.2) is 35.1 Å². The third kappa shape index (κ3) is 2.57. The van der Waals surface area contributed by atoms with E-state index < -0.39 is 4.92 Å².